The first-order valence-electron chi connectivity index (χ1n) is 7.18. The minimum atomic E-state index is -0.504. The monoisotopic (exact) mass is 377 g/mol. The van der Waals surface area contributed by atoms with E-state index in [0.717, 1.165) is 16.9 Å². The van der Waals surface area contributed by atoms with E-state index in [-0.39, 0.29) is 42.2 Å². The first-order valence-corrected chi connectivity index (χ1v) is 7.99. The molecule has 3 N–H and O–H groups in total. The summed E-state index contributed by atoms with van der Waals surface area (Å²) in [6.45, 7) is 7.89. The first kappa shape index (κ1) is 22.1. The van der Waals surface area contributed by atoms with E-state index >= 15 is 0 Å². The molecule has 0 saturated carbocycles. The number of thiazole rings is 1. The number of nitrogens with zero attached hydrogens (tertiary/aromatic N) is 1. The maximum atomic E-state index is 12.1. The van der Waals surface area contributed by atoms with Crippen LogP contribution in [0.4, 0.5) is 0 Å². The number of hydrogen-bond acceptors (Lipinski definition) is 4. The van der Waals surface area contributed by atoms with Crippen molar-refractivity contribution in [2.75, 3.05) is 0 Å². The van der Waals surface area contributed by atoms with Crippen LogP contribution in [0.5, 0.6) is 0 Å². The van der Waals surface area contributed by atoms with Gasteiger partial charge in [0.2, 0.25) is 5.91 Å². The fourth-order valence-corrected chi connectivity index (χ4v) is 3.14. The average Bonchev–Trinajstić information content (AvgIpc) is 2.78. The number of aromatic nitrogens is 1. The van der Waals surface area contributed by atoms with Crippen molar-refractivity contribution in [1.82, 2.24) is 10.3 Å². The summed E-state index contributed by atoms with van der Waals surface area (Å²) in [6, 6.07) is 7.59. The zero-order chi connectivity index (χ0) is 15.6. The predicted octanol–water partition coefficient (Wildman–Crippen LogP) is 3.56. The highest BCUT2D eigenvalue weighted by molar-refractivity contribution is 7.18. The number of benzene rings is 1. The molecule has 0 aliphatic rings. The van der Waals surface area contributed by atoms with E-state index in [1.807, 2.05) is 45.9 Å². The molecule has 2 rings (SSSR count). The molecule has 0 radical (unpaired) electrons. The molecule has 1 heterocycles. The van der Waals surface area contributed by atoms with Crippen LogP contribution < -0.4 is 11.1 Å². The van der Waals surface area contributed by atoms with Crippen molar-refractivity contribution in [1.29, 1.82) is 0 Å². The summed E-state index contributed by atoms with van der Waals surface area (Å²) in [5, 5.41) is 4.02. The van der Waals surface area contributed by atoms with Gasteiger partial charge in [-0.15, -0.1) is 36.2 Å². The van der Waals surface area contributed by atoms with Crippen molar-refractivity contribution in [2.24, 2.45) is 11.1 Å². The van der Waals surface area contributed by atoms with Crippen LogP contribution in [0, 0.1) is 5.41 Å². The minimum Gasteiger partial charge on any atom is -0.352 e. The Bertz CT molecular complexity index is 607. The molecule has 0 bridgehead atoms. The number of halogens is 2. The molecule has 4 nitrogen and oxygen atoms in total. The summed E-state index contributed by atoms with van der Waals surface area (Å²) in [5.41, 5.74) is 6.75. The molecule has 1 amide bonds. The highest BCUT2D eigenvalue weighted by Crippen LogP contribution is 2.22. The zero-order valence-electron chi connectivity index (χ0n) is 13.8. The highest BCUT2D eigenvalue weighted by Gasteiger charge is 2.28. The second-order valence-electron chi connectivity index (χ2n) is 6.53. The standard InChI is InChI=1S/C16H23N3OS.2ClH/c1-10(18-15(20)14(17)16(2,3)4)9-13-19-11-7-5-6-8-12(11)21-13;;/h5-8,10,14H,9,17H2,1-4H3,(H,18,20);2*1H/t10?,14-;;/m1../s1. The van der Waals surface area contributed by atoms with Crippen molar-refractivity contribution >= 4 is 52.3 Å². The fourth-order valence-electron chi connectivity index (χ4n) is 2.05. The van der Waals surface area contributed by atoms with E-state index in [1.165, 1.54) is 4.70 Å². The van der Waals surface area contributed by atoms with Gasteiger partial charge in [0.05, 0.1) is 21.3 Å². The van der Waals surface area contributed by atoms with E-state index in [1.54, 1.807) is 11.3 Å². The van der Waals surface area contributed by atoms with Crippen molar-refractivity contribution in [2.45, 2.75) is 46.2 Å². The van der Waals surface area contributed by atoms with Gasteiger partial charge < -0.3 is 11.1 Å². The van der Waals surface area contributed by atoms with Gasteiger partial charge in [0.15, 0.2) is 0 Å². The van der Waals surface area contributed by atoms with Gasteiger partial charge in [-0.3, -0.25) is 4.79 Å². The number of rotatable bonds is 4. The summed E-state index contributed by atoms with van der Waals surface area (Å²) in [7, 11) is 0. The highest BCUT2D eigenvalue weighted by atomic mass is 35.5. The number of carbonyl (C=O) groups is 1. The molecule has 0 saturated heterocycles. The molecule has 0 aliphatic heterocycles. The molecular weight excluding hydrogens is 353 g/mol. The zero-order valence-corrected chi connectivity index (χ0v) is 16.3. The molecule has 1 aromatic heterocycles. The molecule has 1 aromatic carbocycles. The molecule has 7 heteroatoms. The Labute approximate surface area is 154 Å². The summed E-state index contributed by atoms with van der Waals surface area (Å²) < 4.78 is 1.18. The predicted molar refractivity (Wildman–Crippen MR) is 103 cm³/mol. The second-order valence-corrected chi connectivity index (χ2v) is 7.65. The third-order valence-electron chi connectivity index (χ3n) is 3.42. The van der Waals surface area contributed by atoms with Crippen LogP contribution in [0.3, 0.4) is 0 Å². The van der Waals surface area contributed by atoms with Gasteiger partial charge in [0, 0.05) is 12.5 Å². The Hall–Kier alpha value is -0.880. The van der Waals surface area contributed by atoms with E-state index in [4.69, 9.17) is 5.73 Å². The topological polar surface area (TPSA) is 68.0 Å². The maximum absolute atomic E-state index is 12.1. The Morgan fingerprint density at radius 1 is 1.30 bits per heavy atom. The van der Waals surface area contributed by atoms with Crippen molar-refractivity contribution in [3.05, 3.63) is 29.3 Å². The molecule has 1 unspecified atom stereocenters. The van der Waals surface area contributed by atoms with E-state index in [2.05, 4.69) is 16.4 Å². The lowest BCUT2D eigenvalue weighted by Gasteiger charge is -2.27. The normalized spacial score (nSPS) is 13.6. The molecule has 2 atom stereocenters. The van der Waals surface area contributed by atoms with Crippen LogP contribution >= 0.6 is 36.2 Å². The van der Waals surface area contributed by atoms with Crippen LogP contribution in [0.2, 0.25) is 0 Å². The molecule has 0 fully saturated rings. The van der Waals surface area contributed by atoms with Gasteiger partial charge in [-0.05, 0) is 24.5 Å². The molecule has 0 spiro atoms. The second kappa shape index (κ2) is 8.83. The smallest absolute Gasteiger partial charge is 0.237 e. The van der Waals surface area contributed by atoms with Crippen LogP contribution in [-0.2, 0) is 11.2 Å². The quantitative estimate of drug-likeness (QED) is 0.855. The van der Waals surface area contributed by atoms with Crippen LogP contribution in [0.1, 0.15) is 32.7 Å². The largest absolute Gasteiger partial charge is 0.352 e. The summed E-state index contributed by atoms with van der Waals surface area (Å²) in [4.78, 5) is 16.7. The van der Waals surface area contributed by atoms with Crippen molar-refractivity contribution in [3.63, 3.8) is 0 Å². The number of nitrogens with two attached hydrogens (primary N) is 1. The average molecular weight is 378 g/mol. The third kappa shape index (κ3) is 5.92. The number of fused-ring (bicyclic) bond motifs is 1. The number of carbonyl (C=O) groups excluding carboxylic acids is 1. The Balaban J connectivity index is 0.00000242. The van der Waals surface area contributed by atoms with Gasteiger partial charge in [-0.1, -0.05) is 32.9 Å². The van der Waals surface area contributed by atoms with Crippen LogP contribution in [-0.4, -0.2) is 23.0 Å². The summed E-state index contributed by atoms with van der Waals surface area (Å²) >= 11 is 1.67. The van der Waals surface area contributed by atoms with E-state index in [9.17, 15) is 4.79 Å². The number of hydrogen-bond donors (Lipinski definition) is 2. The lowest BCUT2D eigenvalue weighted by atomic mass is 9.87. The summed E-state index contributed by atoms with van der Waals surface area (Å²) in [6.07, 6.45) is 0.724. The molecule has 130 valence electrons. The Morgan fingerprint density at radius 2 is 1.91 bits per heavy atom. The van der Waals surface area contributed by atoms with Gasteiger partial charge in [0.25, 0.3) is 0 Å². The number of para-hydroxylation sites is 1. The molecule has 0 aliphatic carbocycles. The van der Waals surface area contributed by atoms with Gasteiger partial charge in [-0.25, -0.2) is 4.98 Å². The Kier molecular flexibility index (Phi) is 8.49. The van der Waals surface area contributed by atoms with Crippen LogP contribution in [0.25, 0.3) is 10.2 Å². The fraction of sp³-hybridized carbons (Fsp3) is 0.500. The van der Waals surface area contributed by atoms with E-state index < -0.39 is 6.04 Å². The Morgan fingerprint density at radius 3 is 2.48 bits per heavy atom. The van der Waals surface area contributed by atoms with Gasteiger partial charge >= 0.3 is 0 Å². The first-order chi connectivity index (χ1) is 9.77. The van der Waals surface area contributed by atoms with Gasteiger partial charge in [-0.2, -0.15) is 0 Å². The lowest BCUT2D eigenvalue weighted by Crippen LogP contribution is -2.51. The number of amides is 1. The van der Waals surface area contributed by atoms with E-state index in [0.29, 0.717) is 0 Å². The van der Waals surface area contributed by atoms with Crippen LogP contribution in [0.15, 0.2) is 24.3 Å². The van der Waals surface area contributed by atoms with Crippen molar-refractivity contribution < 1.29 is 4.79 Å². The number of nitrogens with one attached hydrogen (secondary N) is 1. The SMILES string of the molecule is CC(Cc1nc2ccccc2s1)NC(=O)[C@@H](N)C(C)(C)C.Cl.Cl. The lowest BCUT2D eigenvalue weighted by molar-refractivity contribution is -0.125. The minimum absolute atomic E-state index is 0. The summed E-state index contributed by atoms with van der Waals surface area (Å²) in [5.74, 6) is -0.101. The molecule has 23 heavy (non-hydrogen) atoms. The molecule has 2 aromatic rings. The maximum Gasteiger partial charge on any atom is 0.237 e. The third-order valence-corrected chi connectivity index (χ3v) is 4.48. The molecular formula is C16H25Cl2N3OS. The van der Waals surface area contributed by atoms with Crippen molar-refractivity contribution in [3.8, 4) is 0 Å². The van der Waals surface area contributed by atoms with Gasteiger partial charge in [0.1, 0.15) is 0 Å².